The van der Waals surface area contributed by atoms with E-state index in [0.717, 1.165) is 52.4 Å². The molecule has 1 saturated heterocycles. The van der Waals surface area contributed by atoms with Crippen molar-refractivity contribution in [1.29, 1.82) is 0 Å². The molecule has 0 atom stereocenters. The van der Waals surface area contributed by atoms with Gasteiger partial charge in [-0.25, -0.2) is 0 Å². The first-order chi connectivity index (χ1) is 6.50. The molecule has 3 heteroatoms. The highest BCUT2D eigenvalue weighted by Crippen LogP contribution is 1.93. The summed E-state index contributed by atoms with van der Waals surface area (Å²) < 4.78 is 10.8. The first-order valence-corrected chi connectivity index (χ1v) is 5.36. The van der Waals surface area contributed by atoms with E-state index in [1.165, 1.54) is 12.8 Å². The molecule has 1 aliphatic heterocycles. The van der Waals surface area contributed by atoms with E-state index in [-0.39, 0.29) is 0 Å². The lowest BCUT2D eigenvalue weighted by molar-refractivity contribution is 0.0460. The Labute approximate surface area is 80.8 Å². The van der Waals surface area contributed by atoms with Gasteiger partial charge in [0.15, 0.2) is 0 Å². The lowest BCUT2D eigenvalue weighted by Crippen LogP contribution is -2.17. The smallest absolute Gasteiger partial charge is 0.0700 e. The van der Waals surface area contributed by atoms with Crippen LogP contribution in [0.2, 0.25) is 0 Å². The van der Waals surface area contributed by atoms with Crippen LogP contribution in [0.4, 0.5) is 0 Å². The third kappa shape index (κ3) is 6.99. The summed E-state index contributed by atoms with van der Waals surface area (Å²) in [5.41, 5.74) is 0. The maximum absolute atomic E-state index is 5.39. The van der Waals surface area contributed by atoms with Crippen molar-refractivity contribution in [3.8, 4) is 0 Å². The van der Waals surface area contributed by atoms with Crippen LogP contribution >= 0.6 is 0 Å². The number of nitrogens with one attached hydrogen (secondary N) is 1. The zero-order chi connectivity index (χ0) is 9.19. The van der Waals surface area contributed by atoms with Crippen molar-refractivity contribution >= 4 is 0 Å². The second-order valence-electron chi connectivity index (χ2n) is 3.39. The molecule has 0 unspecified atom stereocenters. The van der Waals surface area contributed by atoms with E-state index in [1.54, 1.807) is 0 Å². The fourth-order valence-corrected chi connectivity index (χ4v) is 1.36. The Hall–Kier alpha value is -0.120. The van der Waals surface area contributed by atoms with Gasteiger partial charge in [0.25, 0.3) is 0 Å². The summed E-state index contributed by atoms with van der Waals surface area (Å²) in [6.45, 7) is 5.53. The summed E-state index contributed by atoms with van der Waals surface area (Å²) in [6, 6.07) is 0. The zero-order valence-electron chi connectivity index (χ0n) is 8.39. The van der Waals surface area contributed by atoms with Crippen molar-refractivity contribution in [1.82, 2.24) is 5.32 Å². The monoisotopic (exact) mass is 187 g/mol. The lowest BCUT2D eigenvalue weighted by Gasteiger charge is -2.03. The van der Waals surface area contributed by atoms with Crippen LogP contribution < -0.4 is 5.32 Å². The molecule has 1 rings (SSSR count). The van der Waals surface area contributed by atoms with Gasteiger partial charge in [0, 0.05) is 13.2 Å². The minimum atomic E-state index is 0.757. The summed E-state index contributed by atoms with van der Waals surface area (Å²) in [6.07, 6.45) is 4.77. The molecule has 3 nitrogen and oxygen atoms in total. The van der Waals surface area contributed by atoms with Gasteiger partial charge in [0.1, 0.15) is 0 Å². The first kappa shape index (κ1) is 11.0. The van der Waals surface area contributed by atoms with Crippen molar-refractivity contribution in [2.75, 3.05) is 39.5 Å². The maximum atomic E-state index is 5.39. The fraction of sp³-hybridized carbons (Fsp3) is 1.00. The van der Waals surface area contributed by atoms with E-state index in [2.05, 4.69) is 5.32 Å². The normalized spacial score (nSPS) is 24.0. The summed E-state index contributed by atoms with van der Waals surface area (Å²) in [5, 5.41) is 3.41. The number of ether oxygens (including phenoxy) is 2. The summed E-state index contributed by atoms with van der Waals surface area (Å²) in [7, 11) is 0. The van der Waals surface area contributed by atoms with Crippen molar-refractivity contribution < 1.29 is 9.47 Å². The van der Waals surface area contributed by atoms with E-state index in [9.17, 15) is 0 Å². The summed E-state index contributed by atoms with van der Waals surface area (Å²) in [5.74, 6) is 0. The Morgan fingerprint density at radius 2 is 1.15 bits per heavy atom. The van der Waals surface area contributed by atoms with E-state index in [4.69, 9.17) is 9.47 Å². The van der Waals surface area contributed by atoms with Gasteiger partial charge < -0.3 is 14.8 Å². The van der Waals surface area contributed by atoms with Crippen molar-refractivity contribution in [3.63, 3.8) is 0 Å². The van der Waals surface area contributed by atoms with Crippen LogP contribution in [0.5, 0.6) is 0 Å². The Morgan fingerprint density at radius 1 is 0.615 bits per heavy atom. The topological polar surface area (TPSA) is 30.5 Å². The third-order valence-corrected chi connectivity index (χ3v) is 2.16. The molecule has 78 valence electrons. The lowest BCUT2D eigenvalue weighted by atomic mass is 10.3. The molecule has 13 heavy (non-hydrogen) atoms. The quantitative estimate of drug-likeness (QED) is 0.618. The highest BCUT2D eigenvalue weighted by Gasteiger charge is 1.94. The predicted octanol–water partition coefficient (Wildman–Crippen LogP) is 1.18. The van der Waals surface area contributed by atoms with E-state index in [1.807, 2.05) is 0 Å². The molecule has 1 heterocycles. The molecule has 0 aromatic carbocycles. The van der Waals surface area contributed by atoms with Crippen LogP contribution in [0.25, 0.3) is 0 Å². The Balaban J connectivity index is 2.01. The molecule has 0 amide bonds. The van der Waals surface area contributed by atoms with Crippen LogP contribution in [0, 0.1) is 0 Å². The standard InChI is InChI=1S/C10H21NO2/c1-3-7-12-9-10-13-8-4-2-6-11-5-1/h11H,1-10H2. The highest BCUT2D eigenvalue weighted by atomic mass is 16.5. The molecule has 0 aromatic heterocycles. The number of hydrogen-bond donors (Lipinski definition) is 1. The molecule has 0 aromatic rings. The predicted molar refractivity (Wildman–Crippen MR) is 53.0 cm³/mol. The Morgan fingerprint density at radius 3 is 1.69 bits per heavy atom. The molecule has 0 radical (unpaired) electrons. The zero-order valence-corrected chi connectivity index (χ0v) is 8.39. The van der Waals surface area contributed by atoms with Gasteiger partial charge in [-0.1, -0.05) is 0 Å². The molecule has 1 fully saturated rings. The first-order valence-electron chi connectivity index (χ1n) is 5.36. The SMILES string of the molecule is C1CCOCCOCCCCNC1. The average molecular weight is 187 g/mol. The van der Waals surface area contributed by atoms with Crippen LogP contribution in [0.1, 0.15) is 25.7 Å². The van der Waals surface area contributed by atoms with Gasteiger partial charge in [-0.2, -0.15) is 0 Å². The summed E-state index contributed by atoms with van der Waals surface area (Å²) in [4.78, 5) is 0. The molecule has 1 N–H and O–H groups in total. The van der Waals surface area contributed by atoms with Crippen molar-refractivity contribution in [2.24, 2.45) is 0 Å². The third-order valence-electron chi connectivity index (χ3n) is 2.16. The molecule has 0 spiro atoms. The highest BCUT2D eigenvalue weighted by molar-refractivity contribution is 4.50. The molecule has 0 bridgehead atoms. The summed E-state index contributed by atoms with van der Waals surface area (Å²) >= 11 is 0. The van der Waals surface area contributed by atoms with E-state index in [0.29, 0.717) is 0 Å². The van der Waals surface area contributed by atoms with Crippen molar-refractivity contribution in [2.45, 2.75) is 25.7 Å². The number of hydrogen-bond acceptors (Lipinski definition) is 3. The second kappa shape index (κ2) is 8.48. The van der Waals surface area contributed by atoms with Gasteiger partial charge in [0.05, 0.1) is 13.2 Å². The maximum Gasteiger partial charge on any atom is 0.0700 e. The Bertz CT molecular complexity index is 61.0. The van der Waals surface area contributed by atoms with Crippen LogP contribution in [0.15, 0.2) is 0 Å². The average Bonchev–Trinajstić information content (AvgIpc) is 2.18. The van der Waals surface area contributed by atoms with Gasteiger partial charge in [-0.15, -0.1) is 0 Å². The second-order valence-corrected chi connectivity index (χ2v) is 3.39. The van der Waals surface area contributed by atoms with Gasteiger partial charge in [0.2, 0.25) is 0 Å². The minimum Gasteiger partial charge on any atom is -0.379 e. The molecular formula is C10H21NO2. The largest absolute Gasteiger partial charge is 0.379 e. The molecular weight excluding hydrogens is 166 g/mol. The molecule has 0 aliphatic carbocycles. The van der Waals surface area contributed by atoms with E-state index >= 15 is 0 Å². The van der Waals surface area contributed by atoms with Crippen LogP contribution in [-0.2, 0) is 9.47 Å². The number of rotatable bonds is 0. The fourth-order valence-electron chi connectivity index (χ4n) is 1.36. The van der Waals surface area contributed by atoms with Crippen molar-refractivity contribution in [3.05, 3.63) is 0 Å². The van der Waals surface area contributed by atoms with Crippen LogP contribution in [-0.4, -0.2) is 39.5 Å². The minimum absolute atomic E-state index is 0.757. The van der Waals surface area contributed by atoms with Gasteiger partial charge >= 0.3 is 0 Å². The van der Waals surface area contributed by atoms with E-state index < -0.39 is 0 Å². The van der Waals surface area contributed by atoms with Gasteiger partial charge in [-0.3, -0.25) is 0 Å². The Kier molecular flexibility index (Phi) is 7.15. The van der Waals surface area contributed by atoms with Gasteiger partial charge in [-0.05, 0) is 38.8 Å². The molecule has 1 aliphatic rings. The van der Waals surface area contributed by atoms with Crippen LogP contribution in [0.3, 0.4) is 0 Å². The molecule has 0 saturated carbocycles.